The third-order valence-electron chi connectivity index (χ3n) is 5.28. The highest BCUT2D eigenvalue weighted by Crippen LogP contribution is 2.29. The van der Waals surface area contributed by atoms with Crippen LogP contribution in [-0.2, 0) is 4.84 Å². The summed E-state index contributed by atoms with van der Waals surface area (Å²) in [5.41, 5.74) is 3.33. The first-order valence-corrected chi connectivity index (χ1v) is 11.5. The SMILES string of the molecule is CCCCOc1nc(C(=O)NOC)cc(N2CCC(NC(=O)c3[nH]c(C)c(Cl)c3Cl)CC2)n1. The summed E-state index contributed by atoms with van der Waals surface area (Å²) in [5, 5.41) is 3.58. The number of aromatic amines is 1. The summed E-state index contributed by atoms with van der Waals surface area (Å²) in [4.78, 5) is 43.2. The van der Waals surface area contributed by atoms with Gasteiger partial charge in [0, 0.05) is 30.9 Å². The van der Waals surface area contributed by atoms with E-state index in [0.717, 1.165) is 12.8 Å². The number of hydrogen-bond acceptors (Lipinski definition) is 7. The molecule has 1 saturated heterocycles. The summed E-state index contributed by atoms with van der Waals surface area (Å²) in [5.74, 6) is -0.196. The van der Waals surface area contributed by atoms with E-state index in [2.05, 4.69) is 32.7 Å². The van der Waals surface area contributed by atoms with Crippen LogP contribution < -0.4 is 20.4 Å². The number of rotatable bonds is 9. The number of nitrogens with zero attached hydrogens (tertiary/aromatic N) is 3. The second kappa shape index (κ2) is 11.5. The molecule has 1 aliphatic heterocycles. The van der Waals surface area contributed by atoms with E-state index in [1.165, 1.54) is 7.11 Å². The number of hydrogen-bond donors (Lipinski definition) is 3. The van der Waals surface area contributed by atoms with Crippen LogP contribution in [0.4, 0.5) is 5.82 Å². The van der Waals surface area contributed by atoms with Gasteiger partial charge in [-0.15, -0.1) is 0 Å². The van der Waals surface area contributed by atoms with E-state index in [9.17, 15) is 9.59 Å². The molecule has 1 aliphatic rings. The molecule has 180 valence electrons. The molecule has 0 aliphatic carbocycles. The molecule has 1 fully saturated rings. The van der Waals surface area contributed by atoms with Crippen molar-refractivity contribution in [2.75, 3.05) is 31.7 Å². The molecule has 3 heterocycles. The molecule has 2 amide bonds. The zero-order valence-corrected chi connectivity index (χ0v) is 20.3. The zero-order chi connectivity index (χ0) is 24.0. The standard InChI is InChI=1S/C21H28Cl2N6O4/c1-4-5-10-33-21-26-14(19(30)28-32-3)11-15(27-21)29-8-6-13(7-9-29)25-20(31)18-17(23)16(22)12(2)24-18/h11,13,24H,4-10H2,1-3H3,(H,25,31)(H,28,30). The number of unbranched alkanes of at least 4 members (excludes halogenated alkanes) is 1. The Morgan fingerprint density at radius 1 is 1.21 bits per heavy atom. The number of carbonyl (C=O) groups is 2. The van der Waals surface area contributed by atoms with Crippen LogP contribution >= 0.6 is 23.2 Å². The minimum Gasteiger partial charge on any atom is -0.463 e. The molecule has 0 radical (unpaired) electrons. The summed E-state index contributed by atoms with van der Waals surface area (Å²) in [6.07, 6.45) is 3.20. The largest absolute Gasteiger partial charge is 0.463 e. The molecule has 33 heavy (non-hydrogen) atoms. The fraction of sp³-hybridized carbons (Fsp3) is 0.524. The van der Waals surface area contributed by atoms with Crippen molar-refractivity contribution in [1.29, 1.82) is 0 Å². The van der Waals surface area contributed by atoms with E-state index in [1.54, 1.807) is 13.0 Å². The first-order valence-electron chi connectivity index (χ1n) is 10.8. The summed E-state index contributed by atoms with van der Waals surface area (Å²) in [7, 11) is 1.35. The monoisotopic (exact) mass is 498 g/mol. The van der Waals surface area contributed by atoms with E-state index in [-0.39, 0.29) is 34.4 Å². The van der Waals surface area contributed by atoms with Gasteiger partial charge in [0.05, 0.1) is 23.8 Å². The van der Waals surface area contributed by atoms with E-state index in [4.69, 9.17) is 32.8 Å². The lowest BCUT2D eigenvalue weighted by Gasteiger charge is -2.33. The normalized spacial score (nSPS) is 14.3. The number of aromatic nitrogens is 3. The molecule has 3 rings (SSSR count). The van der Waals surface area contributed by atoms with Gasteiger partial charge >= 0.3 is 6.01 Å². The number of amides is 2. The van der Waals surface area contributed by atoms with Crippen LogP contribution in [0.25, 0.3) is 0 Å². The molecule has 0 saturated carbocycles. The first kappa shape index (κ1) is 25.1. The van der Waals surface area contributed by atoms with Crippen molar-refractivity contribution in [3.63, 3.8) is 0 Å². The molecule has 0 bridgehead atoms. The third-order valence-corrected chi connectivity index (χ3v) is 6.23. The van der Waals surface area contributed by atoms with Crippen LogP contribution in [0.5, 0.6) is 6.01 Å². The van der Waals surface area contributed by atoms with Gasteiger partial charge in [-0.05, 0) is 26.2 Å². The Kier molecular flexibility index (Phi) is 8.76. The Hall–Kier alpha value is -2.56. The molecule has 0 atom stereocenters. The Morgan fingerprint density at radius 3 is 2.55 bits per heavy atom. The number of hydroxylamine groups is 1. The molecular weight excluding hydrogens is 471 g/mol. The van der Waals surface area contributed by atoms with Crippen LogP contribution in [0.15, 0.2) is 6.07 Å². The zero-order valence-electron chi connectivity index (χ0n) is 18.8. The van der Waals surface area contributed by atoms with Gasteiger partial charge in [-0.1, -0.05) is 36.5 Å². The summed E-state index contributed by atoms with van der Waals surface area (Å²) in [6, 6.07) is 1.71. The average molecular weight is 499 g/mol. The minimum absolute atomic E-state index is 0.0365. The highest BCUT2D eigenvalue weighted by Gasteiger charge is 2.26. The summed E-state index contributed by atoms with van der Waals surface area (Å²) < 4.78 is 5.64. The molecule has 3 N–H and O–H groups in total. The third kappa shape index (κ3) is 6.27. The molecule has 12 heteroatoms. The van der Waals surface area contributed by atoms with Crippen molar-refractivity contribution < 1.29 is 19.2 Å². The van der Waals surface area contributed by atoms with Crippen molar-refractivity contribution in [3.05, 3.63) is 33.2 Å². The Bertz CT molecular complexity index is 991. The van der Waals surface area contributed by atoms with Crippen LogP contribution in [0.2, 0.25) is 10.0 Å². The topological polar surface area (TPSA) is 121 Å². The second-order valence-electron chi connectivity index (χ2n) is 7.72. The Morgan fingerprint density at radius 2 is 1.94 bits per heavy atom. The highest BCUT2D eigenvalue weighted by atomic mass is 35.5. The van der Waals surface area contributed by atoms with E-state index >= 15 is 0 Å². The number of piperidine rings is 1. The van der Waals surface area contributed by atoms with Gasteiger partial charge < -0.3 is 19.9 Å². The predicted octanol–water partition coefficient (Wildman–Crippen LogP) is 3.29. The lowest BCUT2D eigenvalue weighted by Crippen LogP contribution is -2.45. The number of nitrogens with one attached hydrogen (secondary N) is 3. The van der Waals surface area contributed by atoms with Crippen LogP contribution in [0.3, 0.4) is 0 Å². The Balaban J connectivity index is 1.66. The molecule has 0 spiro atoms. The van der Waals surface area contributed by atoms with Crippen molar-refractivity contribution in [2.24, 2.45) is 0 Å². The van der Waals surface area contributed by atoms with Crippen molar-refractivity contribution in [2.45, 2.75) is 45.6 Å². The minimum atomic E-state index is -0.486. The molecule has 10 nitrogen and oxygen atoms in total. The summed E-state index contributed by atoms with van der Waals surface area (Å²) in [6.45, 7) is 5.53. The van der Waals surface area contributed by atoms with Crippen LogP contribution in [0.1, 0.15) is 59.3 Å². The molecular formula is C21H28Cl2N6O4. The van der Waals surface area contributed by atoms with E-state index in [1.807, 2.05) is 4.90 Å². The smallest absolute Gasteiger partial charge is 0.319 e. The quantitative estimate of drug-likeness (QED) is 0.358. The molecule has 2 aromatic heterocycles. The molecule has 2 aromatic rings. The lowest BCUT2D eigenvalue weighted by molar-refractivity contribution is 0.0531. The van der Waals surface area contributed by atoms with Gasteiger partial charge in [-0.25, -0.2) is 5.48 Å². The maximum Gasteiger partial charge on any atom is 0.319 e. The van der Waals surface area contributed by atoms with Crippen molar-refractivity contribution in [3.8, 4) is 6.01 Å². The lowest BCUT2D eigenvalue weighted by atomic mass is 10.0. The maximum absolute atomic E-state index is 12.6. The van der Waals surface area contributed by atoms with Crippen LogP contribution in [-0.4, -0.2) is 59.6 Å². The van der Waals surface area contributed by atoms with E-state index < -0.39 is 5.91 Å². The fourth-order valence-corrected chi connectivity index (χ4v) is 3.86. The second-order valence-corrected chi connectivity index (χ2v) is 8.47. The number of carbonyl (C=O) groups excluding carboxylic acids is 2. The number of H-pyrrole nitrogens is 1. The van der Waals surface area contributed by atoms with Crippen molar-refractivity contribution in [1.82, 2.24) is 25.7 Å². The van der Waals surface area contributed by atoms with Gasteiger partial charge in [0.1, 0.15) is 17.2 Å². The summed E-state index contributed by atoms with van der Waals surface area (Å²) >= 11 is 12.2. The number of anilines is 1. The Labute approximate surface area is 202 Å². The van der Waals surface area contributed by atoms with Gasteiger partial charge in [0.25, 0.3) is 11.8 Å². The maximum atomic E-state index is 12.6. The van der Waals surface area contributed by atoms with Crippen LogP contribution in [0, 0.1) is 6.92 Å². The van der Waals surface area contributed by atoms with E-state index in [0.29, 0.717) is 49.1 Å². The predicted molar refractivity (Wildman–Crippen MR) is 125 cm³/mol. The van der Waals surface area contributed by atoms with Gasteiger partial charge in [-0.2, -0.15) is 9.97 Å². The first-order chi connectivity index (χ1) is 15.8. The average Bonchev–Trinajstić information content (AvgIpc) is 3.07. The molecule has 0 unspecified atom stereocenters. The fourth-order valence-electron chi connectivity index (χ4n) is 3.45. The number of halogens is 2. The van der Waals surface area contributed by atoms with Gasteiger partial charge in [0.15, 0.2) is 0 Å². The highest BCUT2D eigenvalue weighted by molar-refractivity contribution is 6.44. The number of aryl methyl sites for hydroxylation is 1. The van der Waals surface area contributed by atoms with Gasteiger partial charge in [-0.3, -0.25) is 14.4 Å². The molecule has 0 aromatic carbocycles. The number of ether oxygens (including phenoxy) is 1. The van der Waals surface area contributed by atoms with Crippen molar-refractivity contribution >= 4 is 40.8 Å². The van der Waals surface area contributed by atoms with Gasteiger partial charge in [0.2, 0.25) is 0 Å².